The van der Waals surface area contributed by atoms with E-state index in [1.165, 1.54) is 44.3 Å². The molecule has 3 rings (SSSR count). The van der Waals surface area contributed by atoms with Gasteiger partial charge in [0, 0.05) is 95.8 Å². The molecular weight excluding hydrogens is 1440 g/mol. The first-order chi connectivity index (χ1) is 52.6. The van der Waals surface area contributed by atoms with Gasteiger partial charge in [0.1, 0.15) is 42.6 Å². The number of likely N-dealkylation sites (N-methyl/N-ethyl adjacent to an activating group) is 2. The van der Waals surface area contributed by atoms with E-state index in [1.807, 2.05) is 32.0 Å². The van der Waals surface area contributed by atoms with Gasteiger partial charge in [0.15, 0.2) is 0 Å². The van der Waals surface area contributed by atoms with Crippen LogP contribution in [0.5, 0.6) is 0 Å². The number of Topliss-reactive ketones (excluding diaryl/α,β-unsaturated/α-hetero) is 1. The fourth-order valence-corrected chi connectivity index (χ4v) is 12.9. The number of aliphatic hydroxyl groups excluding tert-OH is 1. The van der Waals surface area contributed by atoms with Crippen molar-refractivity contribution in [2.45, 2.75) is 220 Å². The molecule has 2 aromatic rings. The van der Waals surface area contributed by atoms with Crippen LogP contribution in [-0.4, -0.2) is 245 Å². The highest BCUT2D eigenvalue weighted by Gasteiger charge is 2.42. The Balaban J connectivity index is 1.72. The van der Waals surface area contributed by atoms with Crippen molar-refractivity contribution in [3.05, 3.63) is 65.2 Å². The largest absolute Gasteiger partial charge is 0.445 e. The third kappa shape index (κ3) is 33.5. The summed E-state index contributed by atoms with van der Waals surface area (Å²) in [5.74, 6) is -8.17. The van der Waals surface area contributed by atoms with Crippen LogP contribution < -0.4 is 54.0 Å². The summed E-state index contributed by atoms with van der Waals surface area (Å²) < 4.78 is 33.7. The number of likely N-dealkylation sites (tertiary alicyclic amines) is 1. The van der Waals surface area contributed by atoms with Gasteiger partial charge in [-0.3, -0.25) is 57.6 Å². The van der Waals surface area contributed by atoms with Crippen LogP contribution in [0.4, 0.5) is 15.3 Å². The number of hydrogen-bond acceptors (Lipinski definition) is 20. The van der Waals surface area contributed by atoms with E-state index in [-0.39, 0.29) is 118 Å². The molecule has 0 aliphatic carbocycles. The molecule has 2 aromatic carbocycles. The lowest BCUT2D eigenvalue weighted by molar-refractivity contribution is -0.146. The number of hydrogen-bond donors (Lipinski definition) is 11. The van der Waals surface area contributed by atoms with E-state index in [4.69, 9.17) is 39.9 Å². The molecule has 13 amide bonds. The van der Waals surface area contributed by atoms with E-state index in [0.717, 1.165) is 11.3 Å². The van der Waals surface area contributed by atoms with Gasteiger partial charge in [-0.15, -0.1) is 0 Å². The molecule has 0 aromatic heterocycles. The summed E-state index contributed by atoms with van der Waals surface area (Å²) in [5.41, 5.74) is 11.6. The standard InChI is InChI=1S/C78H127N13O20/c1-16-50(9)68(61(106-15)45-64(95)91-34-22-25-56(91)43-51(10)70(97)83-52(11)69(96)53-23-19-18-20-24-53)89(13)76(103)66(48(5)6)88-75(102)67(49(7)8)90(14)78(105)111-46-54-27-28-55(44-58(54)71(98)81-12)84-72(99)59(26-21-33-82-77(80)104)86-74(101)65(47(3)4)87-73(100)60(29-30-62(79)93)85-63(94)32-36-108-38-40-110-42-41-109-39-37-107-35-31-57(92)17-2/h18-20,23-24,27-28,44,47-52,56,59-61,65-69,96H,16-17,21-22,25-26,29-43,45-46H2,1-15H3,(H2,79,93)(H,81,98)(H,83,97)(H,84,99)(H,85,94)(H,86,101)(H,87,100)(H,88,102)(H3,80,82,104)/t50-,51+,52+,56-,59-,60-,61+,65-,66-,67-,68-,69+/m0/s1. The molecule has 111 heavy (non-hydrogen) atoms. The quantitative estimate of drug-likeness (QED) is 0.0418. The third-order valence-electron chi connectivity index (χ3n) is 19.6. The van der Waals surface area contributed by atoms with Crippen LogP contribution in [0.15, 0.2) is 48.5 Å². The van der Waals surface area contributed by atoms with Gasteiger partial charge in [0.2, 0.25) is 53.2 Å². The number of primary amides is 2. The first-order valence-electron chi connectivity index (χ1n) is 38.6. The molecule has 1 saturated heterocycles. The van der Waals surface area contributed by atoms with Crippen molar-refractivity contribution < 1.29 is 95.9 Å². The fraction of sp³-hybridized carbons (Fsp3) is 0.679. The summed E-state index contributed by atoms with van der Waals surface area (Å²) in [7, 11) is 5.83. The van der Waals surface area contributed by atoms with Crippen LogP contribution in [0, 0.1) is 29.6 Å². The normalized spacial score (nSPS) is 15.7. The molecule has 0 spiro atoms. The lowest BCUT2D eigenvalue weighted by atomic mass is 9.89. The Morgan fingerprint density at radius 1 is 0.649 bits per heavy atom. The number of ether oxygens (including phenoxy) is 6. The lowest BCUT2D eigenvalue weighted by Gasteiger charge is -2.40. The van der Waals surface area contributed by atoms with E-state index in [9.17, 15) is 67.4 Å². The second-order valence-corrected chi connectivity index (χ2v) is 29.2. The van der Waals surface area contributed by atoms with Crippen molar-refractivity contribution in [1.82, 2.24) is 51.9 Å². The Morgan fingerprint density at radius 3 is 1.80 bits per heavy atom. The Bertz CT molecular complexity index is 3310. The zero-order valence-electron chi connectivity index (χ0n) is 67.7. The van der Waals surface area contributed by atoms with Crippen LogP contribution in [0.2, 0.25) is 0 Å². The second kappa shape index (κ2) is 50.9. The summed E-state index contributed by atoms with van der Waals surface area (Å²) in [6.07, 6.45) is -0.150. The molecule has 33 heteroatoms. The average molecular weight is 1570 g/mol. The molecule has 1 heterocycles. The molecule has 12 atom stereocenters. The molecule has 0 bridgehead atoms. The van der Waals surface area contributed by atoms with Crippen molar-refractivity contribution >= 4 is 82.7 Å². The number of carbonyl (C=O) groups is 13. The summed E-state index contributed by atoms with van der Waals surface area (Å²) in [6, 6.07) is 4.66. The molecular formula is C78H127N13O20. The highest BCUT2D eigenvalue weighted by molar-refractivity contribution is 6.01. The number of nitrogens with zero attached hydrogens (tertiary/aromatic N) is 3. The van der Waals surface area contributed by atoms with E-state index in [2.05, 4.69) is 42.5 Å². The fourth-order valence-electron chi connectivity index (χ4n) is 12.9. The number of urea groups is 1. The summed E-state index contributed by atoms with van der Waals surface area (Å²) in [5, 5.41) is 32.3. The van der Waals surface area contributed by atoms with E-state index < -0.39 is 144 Å². The van der Waals surface area contributed by atoms with Crippen molar-refractivity contribution in [3.8, 4) is 0 Å². The van der Waals surface area contributed by atoms with Crippen molar-refractivity contribution in [2.75, 3.05) is 99.5 Å². The predicted octanol–water partition coefficient (Wildman–Crippen LogP) is 3.90. The molecule has 0 unspecified atom stereocenters. The number of anilines is 1. The topological polar surface area (TPSA) is 456 Å². The zero-order valence-corrected chi connectivity index (χ0v) is 67.7. The SMILES string of the molecule is CCC(=O)CCOCCOCCOCCOCCC(=O)N[C@@H](CCC(N)=O)C(=O)N[C@H](C(=O)N[C@@H](CCCNC(N)=O)C(=O)Nc1ccc(COC(=O)N(C)[C@H](C(=O)N[C@H](C(=O)N(C)[C@@H]([C@@H](C)CC)[C@@H](CC(=O)N2CCC[C@H]2C[C@@H](C)C(=O)N[C@H](C)[C@@H](O)c2ccccc2)OC)C(C)C)C(C)C)c(C(=O)NC)c1)C(C)C. The van der Waals surface area contributed by atoms with Crippen molar-refractivity contribution in [1.29, 1.82) is 0 Å². The van der Waals surface area contributed by atoms with Gasteiger partial charge in [0.25, 0.3) is 5.91 Å². The minimum Gasteiger partial charge on any atom is -0.445 e. The Labute approximate surface area is 654 Å². The Hall–Kier alpha value is -8.89. The second-order valence-electron chi connectivity index (χ2n) is 29.2. The number of amides is 13. The van der Waals surface area contributed by atoms with Crippen LogP contribution in [0.1, 0.15) is 181 Å². The summed E-state index contributed by atoms with van der Waals surface area (Å²) in [6.45, 7) is 21.4. The number of ketones is 1. The van der Waals surface area contributed by atoms with Gasteiger partial charge in [-0.05, 0) is 86.8 Å². The molecule has 13 N–H and O–H groups in total. The molecule has 624 valence electrons. The maximum Gasteiger partial charge on any atom is 0.410 e. The maximum atomic E-state index is 14.9. The minimum atomic E-state index is -1.35. The van der Waals surface area contributed by atoms with Gasteiger partial charge in [-0.2, -0.15) is 0 Å². The van der Waals surface area contributed by atoms with Crippen molar-refractivity contribution in [2.24, 2.45) is 41.1 Å². The van der Waals surface area contributed by atoms with Crippen LogP contribution in [0.25, 0.3) is 0 Å². The van der Waals surface area contributed by atoms with Crippen LogP contribution in [-0.2, 0) is 83.0 Å². The van der Waals surface area contributed by atoms with Crippen LogP contribution >= 0.6 is 0 Å². The Morgan fingerprint density at radius 2 is 1.24 bits per heavy atom. The third-order valence-corrected chi connectivity index (χ3v) is 19.6. The highest BCUT2D eigenvalue weighted by Crippen LogP contribution is 2.30. The average Bonchev–Trinajstić information content (AvgIpc) is 1.59. The number of aliphatic hydroxyl groups is 1. The maximum absolute atomic E-state index is 14.9. The van der Waals surface area contributed by atoms with E-state index in [1.54, 1.807) is 86.4 Å². The molecule has 1 fully saturated rings. The van der Waals surface area contributed by atoms with E-state index >= 15 is 0 Å². The first-order valence-corrected chi connectivity index (χ1v) is 38.6. The number of carbonyl (C=O) groups excluding carboxylic acids is 13. The molecule has 33 nitrogen and oxygen atoms in total. The lowest BCUT2D eigenvalue weighted by Crippen LogP contribution is -2.60. The summed E-state index contributed by atoms with van der Waals surface area (Å²) >= 11 is 0. The first kappa shape index (κ1) is 96.3. The predicted molar refractivity (Wildman–Crippen MR) is 414 cm³/mol. The van der Waals surface area contributed by atoms with Gasteiger partial charge in [-0.1, -0.05) is 112 Å². The monoisotopic (exact) mass is 1570 g/mol. The van der Waals surface area contributed by atoms with Gasteiger partial charge >= 0.3 is 12.1 Å². The smallest absolute Gasteiger partial charge is 0.410 e. The molecule has 1 aliphatic heterocycles. The highest BCUT2D eigenvalue weighted by atomic mass is 16.6. The number of rotatable bonds is 53. The van der Waals surface area contributed by atoms with Gasteiger partial charge in [-0.25, -0.2) is 9.59 Å². The van der Waals surface area contributed by atoms with Gasteiger partial charge < -0.3 is 97.3 Å². The number of nitrogens with two attached hydrogens (primary N) is 2. The minimum absolute atomic E-state index is 0.00240. The zero-order chi connectivity index (χ0) is 83.0. The van der Waals surface area contributed by atoms with Crippen LogP contribution in [0.3, 0.4) is 0 Å². The summed E-state index contributed by atoms with van der Waals surface area (Å²) in [4.78, 5) is 180. The van der Waals surface area contributed by atoms with Gasteiger partial charge in [0.05, 0.1) is 83.6 Å². The van der Waals surface area contributed by atoms with E-state index in [0.29, 0.717) is 70.6 Å². The number of methoxy groups -OCH3 is 1. The number of nitrogens with one attached hydrogen (secondary N) is 8. The van der Waals surface area contributed by atoms with Crippen molar-refractivity contribution in [3.63, 3.8) is 0 Å². The Kier molecular flexibility index (Phi) is 44.2. The number of benzene rings is 2. The molecule has 0 radical (unpaired) electrons. The molecule has 0 saturated carbocycles. The molecule has 1 aliphatic rings.